The highest BCUT2D eigenvalue weighted by molar-refractivity contribution is 7.11. The fourth-order valence-corrected chi connectivity index (χ4v) is 1.83. The van der Waals surface area contributed by atoms with Gasteiger partial charge in [-0.2, -0.15) is 0 Å². The maximum absolute atomic E-state index is 10.5. The van der Waals surface area contributed by atoms with E-state index in [1.165, 1.54) is 11.3 Å². The number of aldehydes is 1. The van der Waals surface area contributed by atoms with Crippen LogP contribution in [0.1, 0.15) is 29.5 Å². The van der Waals surface area contributed by atoms with Crippen molar-refractivity contribution >= 4 is 17.6 Å². The Morgan fingerprint density at radius 2 is 2.29 bits per heavy atom. The van der Waals surface area contributed by atoms with E-state index in [0.717, 1.165) is 0 Å². The standard InChI is InChI=1S/C10H11N3O3S/c1-10(2,15)3-7-12-13-9(16-7)6-5-17-8(4-14)11-6/h4-5,15H,3H2,1-2H3. The molecule has 2 aromatic rings. The van der Waals surface area contributed by atoms with Crippen molar-refractivity contribution in [3.05, 3.63) is 16.3 Å². The molecule has 0 amide bonds. The minimum absolute atomic E-state index is 0.258. The van der Waals surface area contributed by atoms with Crippen molar-refractivity contribution in [3.8, 4) is 11.6 Å². The lowest BCUT2D eigenvalue weighted by Gasteiger charge is -2.12. The number of aliphatic hydroxyl groups is 1. The van der Waals surface area contributed by atoms with Gasteiger partial charge in [0.25, 0.3) is 5.89 Å². The van der Waals surface area contributed by atoms with E-state index in [0.29, 0.717) is 22.9 Å². The number of carbonyl (C=O) groups is 1. The van der Waals surface area contributed by atoms with E-state index in [2.05, 4.69) is 15.2 Å². The predicted octanol–water partition coefficient (Wildman–Crippen LogP) is 1.32. The fraction of sp³-hybridized carbons (Fsp3) is 0.400. The lowest BCUT2D eigenvalue weighted by Crippen LogP contribution is -2.21. The van der Waals surface area contributed by atoms with Crippen molar-refractivity contribution in [2.24, 2.45) is 0 Å². The van der Waals surface area contributed by atoms with E-state index in [1.54, 1.807) is 19.2 Å². The molecule has 0 unspecified atom stereocenters. The Morgan fingerprint density at radius 3 is 2.88 bits per heavy atom. The number of carbonyl (C=O) groups excluding carboxylic acids is 1. The average Bonchev–Trinajstić information content (AvgIpc) is 2.82. The third-order valence-corrected chi connectivity index (χ3v) is 2.66. The van der Waals surface area contributed by atoms with Crippen LogP contribution >= 0.6 is 11.3 Å². The maximum Gasteiger partial charge on any atom is 0.267 e. The molecule has 2 aromatic heterocycles. The molecule has 1 N–H and O–H groups in total. The molecule has 0 saturated heterocycles. The second-order valence-electron chi connectivity index (χ2n) is 4.18. The van der Waals surface area contributed by atoms with Crippen LogP contribution in [0.4, 0.5) is 0 Å². The molecule has 2 heterocycles. The van der Waals surface area contributed by atoms with Gasteiger partial charge in [-0.1, -0.05) is 0 Å². The van der Waals surface area contributed by atoms with Gasteiger partial charge in [-0.15, -0.1) is 21.5 Å². The minimum atomic E-state index is -0.903. The first kappa shape index (κ1) is 11.9. The van der Waals surface area contributed by atoms with Gasteiger partial charge in [0.15, 0.2) is 11.3 Å². The van der Waals surface area contributed by atoms with Gasteiger partial charge in [0.05, 0.1) is 12.0 Å². The van der Waals surface area contributed by atoms with Crippen LogP contribution in [-0.2, 0) is 6.42 Å². The van der Waals surface area contributed by atoms with Crippen LogP contribution in [0.25, 0.3) is 11.6 Å². The third-order valence-electron chi connectivity index (χ3n) is 1.89. The summed E-state index contributed by atoms with van der Waals surface area (Å²) in [5, 5.41) is 19.3. The fourth-order valence-electron chi connectivity index (χ4n) is 1.24. The van der Waals surface area contributed by atoms with E-state index >= 15 is 0 Å². The molecule has 2 rings (SSSR count). The molecular weight excluding hydrogens is 242 g/mol. The van der Waals surface area contributed by atoms with Crippen molar-refractivity contribution < 1.29 is 14.3 Å². The summed E-state index contributed by atoms with van der Waals surface area (Å²) in [6.07, 6.45) is 0.937. The molecule has 0 fully saturated rings. The first-order valence-electron chi connectivity index (χ1n) is 4.94. The molecule has 0 atom stereocenters. The van der Waals surface area contributed by atoms with Gasteiger partial charge in [-0.05, 0) is 13.8 Å². The number of nitrogens with zero attached hydrogens (tertiary/aromatic N) is 3. The second-order valence-corrected chi connectivity index (χ2v) is 5.07. The molecule has 0 aliphatic heterocycles. The largest absolute Gasteiger partial charge is 0.419 e. The Morgan fingerprint density at radius 1 is 1.53 bits per heavy atom. The summed E-state index contributed by atoms with van der Waals surface area (Å²) in [6.45, 7) is 3.31. The molecule has 0 radical (unpaired) electrons. The number of aromatic nitrogens is 3. The van der Waals surface area contributed by atoms with E-state index in [4.69, 9.17) is 4.42 Å². The summed E-state index contributed by atoms with van der Waals surface area (Å²) >= 11 is 1.21. The molecule has 0 saturated carbocycles. The Balaban J connectivity index is 2.20. The molecule has 7 heteroatoms. The topological polar surface area (TPSA) is 89.1 Å². The molecule has 0 spiro atoms. The zero-order valence-electron chi connectivity index (χ0n) is 9.38. The Labute approximate surface area is 101 Å². The monoisotopic (exact) mass is 253 g/mol. The number of thiazole rings is 1. The van der Waals surface area contributed by atoms with Crippen LogP contribution in [0.5, 0.6) is 0 Å². The number of hydrogen-bond donors (Lipinski definition) is 1. The van der Waals surface area contributed by atoms with Crippen LogP contribution in [0.15, 0.2) is 9.80 Å². The SMILES string of the molecule is CC(C)(O)Cc1nnc(-c2csc(C=O)n2)o1. The Kier molecular flexibility index (Phi) is 3.03. The van der Waals surface area contributed by atoms with Gasteiger partial charge in [-0.25, -0.2) is 4.98 Å². The lowest BCUT2D eigenvalue weighted by molar-refractivity contribution is 0.0739. The summed E-state index contributed by atoms with van der Waals surface area (Å²) in [5.74, 6) is 0.599. The van der Waals surface area contributed by atoms with Gasteiger partial charge in [0.2, 0.25) is 5.89 Å². The van der Waals surface area contributed by atoms with E-state index in [1.807, 2.05) is 0 Å². The number of hydrogen-bond acceptors (Lipinski definition) is 7. The van der Waals surface area contributed by atoms with Crippen molar-refractivity contribution in [1.82, 2.24) is 15.2 Å². The molecule has 0 bridgehead atoms. The smallest absolute Gasteiger partial charge is 0.267 e. The van der Waals surface area contributed by atoms with Crippen LogP contribution in [0.2, 0.25) is 0 Å². The second kappa shape index (κ2) is 4.34. The van der Waals surface area contributed by atoms with E-state index in [9.17, 15) is 9.90 Å². The molecule has 0 aromatic carbocycles. The Bertz CT molecular complexity index is 527. The van der Waals surface area contributed by atoms with Gasteiger partial charge in [0, 0.05) is 5.38 Å². The summed E-state index contributed by atoms with van der Waals surface area (Å²) in [6, 6.07) is 0. The van der Waals surface area contributed by atoms with E-state index in [-0.39, 0.29) is 12.3 Å². The third kappa shape index (κ3) is 2.95. The molecular formula is C10H11N3O3S. The molecule has 6 nitrogen and oxygen atoms in total. The molecule has 90 valence electrons. The zero-order valence-corrected chi connectivity index (χ0v) is 10.2. The minimum Gasteiger partial charge on any atom is -0.419 e. The highest BCUT2D eigenvalue weighted by Gasteiger charge is 2.19. The molecule has 0 aliphatic carbocycles. The van der Waals surface area contributed by atoms with Crippen LogP contribution < -0.4 is 0 Å². The van der Waals surface area contributed by atoms with E-state index < -0.39 is 5.60 Å². The summed E-state index contributed by atoms with van der Waals surface area (Å²) in [4.78, 5) is 14.5. The van der Waals surface area contributed by atoms with Crippen LogP contribution in [-0.4, -0.2) is 32.2 Å². The highest BCUT2D eigenvalue weighted by atomic mass is 32.1. The van der Waals surface area contributed by atoms with Crippen molar-refractivity contribution in [2.45, 2.75) is 25.9 Å². The van der Waals surface area contributed by atoms with Crippen molar-refractivity contribution in [3.63, 3.8) is 0 Å². The Hall–Kier alpha value is -1.60. The maximum atomic E-state index is 10.5. The van der Waals surface area contributed by atoms with Gasteiger partial charge >= 0.3 is 0 Å². The quantitative estimate of drug-likeness (QED) is 0.826. The molecule has 17 heavy (non-hydrogen) atoms. The normalized spacial score (nSPS) is 11.7. The lowest BCUT2D eigenvalue weighted by atomic mass is 10.1. The summed E-state index contributed by atoms with van der Waals surface area (Å²) in [5.41, 5.74) is -0.425. The van der Waals surface area contributed by atoms with Gasteiger partial charge < -0.3 is 9.52 Å². The molecule has 0 aliphatic rings. The first-order chi connectivity index (χ1) is 7.98. The first-order valence-corrected chi connectivity index (χ1v) is 5.82. The number of rotatable bonds is 4. The zero-order chi connectivity index (χ0) is 12.5. The van der Waals surface area contributed by atoms with Gasteiger partial charge in [0.1, 0.15) is 5.69 Å². The van der Waals surface area contributed by atoms with Gasteiger partial charge in [-0.3, -0.25) is 4.79 Å². The summed E-state index contributed by atoms with van der Waals surface area (Å²) in [7, 11) is 0. The highest BCUT2D eigenvalue weighted by Crippen LogP contribution is 2.21. The van der Waals surface area contributed by atoms with Crippen LogP contribution in [0, 0.1) is 0 Å². The summed E-state index contributed by atoms with van der Waals surface area (Å²) < 4.78 is 5.35. The predicted molar refractivity (Wildman–Crippen MR) is 60.8 cm³/mol. The van der Waals surface area contributed by atoms with Crippen LogP contribution in [0.3, 0.4) is 0 Å². The average molecular weight is 253 g/mol. The van der Waals surface area contributed by atoms with Crippen molar-refractivity contribution in [2.75, 3.05) is 0 Å². The van der Waals surface area contributed by atoms with Crippen molar-refractivity contribution in [1.29, 1.82) is 0 Å².